The van der Waals surface area contributed by atoms with Crippen molar-refractivity contribution >= 4 is 27.1 Å². The summed E-state index contributed by atoms with van der Waals surface area (Å²) in [7, 11) is -3.35. The molecule has 0 aliphatic carbocycles. The van der Waals surface area contributed by atoms with Crippen molar-refractivity contribution in [1.29, 1.82) is 0 Å². The van der Waals surface area contributed by atoms with Gasteiger partial charge in [0.2, 0.25) is 10.0 Å². The summed E-state index contributed by atoms with van der Waals surface area (Å²) in [5, 5.41) is 14.2. The van der Waals surface area contributed by atoms with Crippen molar-refractivity contribution in [2.24, 2.45) is 0 Å². The Balaban J connectivity index is 1.84. The molecule has 1 atom stereocenters. The van der Waals surface area contributed by atoms with Gasteiger partial charge >= 0.3 is 0 Å². The molecule has 0 radical (unpaired) electrons. The van der Waals surface area contributed by atoms with E-state index in [1.165, 1.54) is 10.4 Å². The molecular weight excluding hydrogens is 310 g/mol. The number of anilines is 2. The molecule has 120 valence electrons. The van der Waals surface area contributed by atoms with Crippen LogP contribution >= 0.6 is 0 Å². The number of sulfonamides is 1. The number of nitro benzene ring substituents is 1. The molecule has 0 spiro atoms. The molecule has 2 heterocycles. The molecule has 0 saturated carbocycles. The summed E-state index contributed by atoms with van der Waals surface area (Å²) in [6.45, 7) is 1.59. The minimum atomic E-state index is -3.35. The summed E-state index contributed by atoms with van der Waals surface area (Å²) in [4.78, 5) is 10.7. The average Bonchev–Trinajstić information content (AvgIpc) is 2.76. The Morgan fingerprint density at radius 2 is 2.23 bits per heavy atom. The lowest BCUT2D eigenvalue weighted by molar-refractivity contribution is -0.383. The standard InChI is InChI=1S/C13H17N3O5S/c17-16(18)13-8-10(15-5-1-7-22(15,19)20)2-3-12(13)14-9-11-4-6-21-11/h2-3,8,11,14H,1,4-7,9H2. The third-order valence-corrected chi connectivity index (χ3v) is 5.75. The average molecular weight is 327 g/mol. The third kappa shape index (κ3) is 2.86. The highest BCUT2D eigenvalue weighted by molar-refractivity contribution is 7.93. The van der Waals surface area contributed by atoms with Crippen molar-refractivity contribution in [2.75, 3.05) is 35.1 Å². The molecule has 2 aliphatic rings. The predicted octanol–water partition coefficient (Wildman–Crippen LogP) is 1.34. The molecule has 2 fully saturated rings. The Kier molecular flexibility index (Phi) is 3.92. The summed E-state index contributed by atoms with van der Waals surface area (Å²) in [5.74, 6) is 0.0832. The predicted molar refractivity (Wildman–Crippen MR) is 81.7 cm³/mol. The van der Waals surface area contributed by atoms with Gasteiger partial charge in [-0.25, -0.2) is 8.42 Å². The third-order valence-electron chi connectivity index (χ3n) is 3.88. The Hall–Kier alpha value is -1.87. The van der Waals surface area contributed by atoms with E-state index in [-0.39, 0.29) is 17.5 Å². The first kappa shape index (κ1) is 15.0. The highest BCUT2D eigenvalue weighted by Gasteiger charge is 2.30. The maximum atomic E-state index is 11.9. The fraction of sp³-hybridized carbons (Fsp3) is 0.538. The van der Waals surface area contributed by atoms with Crippen LogP contribution < -0.4 is 9.62 Å². The largest absolute Gasteiger partial charge is 0.377 e. The molecule has 2 saturated heterocycles. The van der Waals surface area contributed by atoms with Gasteiger partial charge in [-0.2, -0.15) is 0 Å². The van der Waals surface area contributed by atoms with Crippen LogP contribution in [0.2, 0.25) is 0 Å². The smallest absolute Gasteiger partial charge is 0.294 e. The zero-order valence-electron chi connectivity index (χ0n) is 11.9. The minimum absolute atomic E-state index is 0.0817. The topological polar surface area (TPSA) is 102 Å². The van der Waals surface area contributed by atoms with Crippen molar-refractivity contribution in [3.05, 3.63) is 28.3 Å². The number of hydrogen-bond acceptors (Lipinski definition) is 6. The van der Waals surface area contributed by atoms with E-state index in [2.05, 4.69) is 5.32 Å². The minimum Gasteiger partial charge on any atom is -0.377 e. The van der Waals surface area contributed by atoms with Crippen molar-refractivity contribution in [3.8, 4) is 0 Å². The summed E-state index contributed by atoms with van der Waals surface area (Å²) in [5.41, 5.74) is 0.592. The lowest BCUT2D eigenvalue weighted by Crippen LogP contribution is -2.33. The van der Waals surface area contributed by atoms with Gasteiger partial charge in [-0.3, -0.25) is 14.4 Å². The summed E-state index contributed by atoms with van der Waals surface area (Å²) >= 11 is 0. The SMILES string of the molecule is O=[N+]([O-])c1cc(N2CCCS2(=O)=O)ccc1NCC1CCO1. The molecule has 1 aromatic rings. The number of hydrogen-bond donors (Lipinski definition) is 1. The zero-order valence-corrected chi connectivity index (χ0v) is 12.7. The second-order valence-corrected chi connectivity index (χ2v) is 7.38. The fourth-order valence-corrected chi connectivity index (χ4v) is 4.13. The van der Waals surface area contributed by atoms with Crippen molar-refractivity contribution < 1.29 is 18.1 Å². The molecule has 3 rings (SSSR count). The van der Waals surface area contributed by atoms with Gasteiger partial charge in [-0.15, -0.1) is 0 Å². The first-order valence-corrected chi connectivity index (χ1v) is 8.72. The highest BCUT2D eigenvalue weighted by Crippen LogP contribution is 2.33. The van der Waals surface area contributed by atoms with Crippen LogP contribution in [0.15, 0.2) is 18.2 Å². The Bertz CT molecular complexity index is 687. The van der Waals surface area contributed by atoms with Crippen LogP contribution in [0.4, 0.5) is 17.1 Å². The quantitative estimate of drug-likeness (QED) is 0.647. The van der Waals surface area contributed by atoms with Crippen molar-refractivity contribution in [1.82, 2.24) is 0 Å². The van der Waals surface area contributed by atoms with Crippen LogP contribution in [-0.2, 0) is 14.8 Å². The molecule has 2 aliphatic heterocycles. The molecule has 0 aromatic heterocycles. The lowest BCUT2D eigenvalue weighted by atomic mass is 10.1. The number of nitrogens with one attached hydrogen (secondary N) is 1. The van der Waals surface area contributed by atoms with E-state index >= 15 is 0 Å². The molecule has 1 N–H and O–H groups in total. The van der Waals surface area contributed by atoms with E-state index < -0.39 is 14.9 Å². The fourth-order valence-electron chi connectivity index (χ4n) is 2.57. The van der Waals surface area contributed by atoms with Gasteiger partial charge in [0.1, 0.15) is 5.69 Å². The normalized spacial score (nSPS) is 23.1. The molecule has 1 unspecified atom stereocenters. The van der Waals surface area contributed by atoms with E-state index in [1.54, 1.807) is 12.1 Å². The van der Waals surface area contributed by atoms with Gasteiger partial charge in [-0.05, 0) is 25.0 Å². The van der Waals surface area contributed by atoms with Crippen LogP contribution in [0.3, 0.4) is 0 Å². The van der Waals surface area contributed by atoms with Gasteiger partial charge in [0.25, 0.3) is 5.69 Å². The van der Waals surface area contributed by atoms with E-state index in [4.69, 9.17) is 4.74 Å². The molecule has 8 nitrogen and oxygen atoms in total. The lowest BCUT2D eigenvalue weighted by Gasteiger charge is -2.26. The summed E-state index contributed by atoms with van der Waals surface area (Å²) in [6.07, 6.45) is 1.55. The summed E-state index contributed by atoms with van der Waals surface area (Å²) in [6, 6.07) is 4.46. The molecule has 22 heavy (non-hydrogen) atoms. The molecule has 0 bridgehead atoms. The first-order valence-electron chi connectivity index (χ1n) is 7.12. The van der Waals surface area contributed by atoms with Gasteiger partial charge < -0.3 is 10.1 Å². The molecule has 0 amide bonds. The van der Waals surface area contributed by atoms with Gasteiger partial charge in [0.05, 0.1) is 22.5 Å². The first-order chi connectivity index (χ1) is 10.5. The Labute approximate surface area is 128 Å². The number of nitrogens with zero attached hydrogens (tertiary/aromatic N) is 2. The van der Waals surface area contributed by atoms with E-state index in [9.17, 15) is 18.5 Å². The molecular formula is C13H17N3O5S. The number of rotatable bonds is 5. The van der Waals surface area contributed by atoms with Crippen molar-refractivity contribution in [2.45, 2.75) is 18.9 Å². The number of benzene rings is 1. The molecule has 1 aromatic carbocycles. The monoisotopic (exact) mass is 327 g/mol. The van der Waals surface area contributed by atoms with Crippen LogP contribution in [0.25, 0.3) is 0 Å². The Morgan fingerprint density at radius 3 is 2.77 bits per heavy atom. The van der Waals surface area contributed by atoms with Gasteiger partial charge in [0.15, 0.2) is 0 Å². The van der Waals surface area contributed by atoms with E-state index in [1.807, 2.05) is 0 Å². The van der Waals surface area contributed by atoms with Crippen molar-refractivity contribution in [3.63, 3.8) is 0 Å². The molecule has 9 heteroatoms. The maximum absolute atomic E-state index is 11.9. The van der Waals surface area contributed by atoms with Crippen LogP contribution in [0.5, 0.6) is 0 Å². The van der Waals surface area contributed by atoms with Gasteiger partial charge in [-0.1, -0.05) is 0 Å². The number of nitro groups is 1. The highest BCUT2D eigenvalue weighted by atomic mass is 32.2. The van der Waals surface area contributed by atoms with Gasteiger partial charge in [0, 0.05) is 25.8 Å². The zero-order chi connectivity index (χ0) is 15.7. The summed E-state index contributed by atoms with van der Waals surface area (Å²) < 4.78 is 30.3. The van der Waals surface area contributed by atoms with Crippen LogP contribution in [-0.4, -0.2) is 44.9 Å². The van der Waals surface area contributed by atoms with Crippen LogP contribution in [0, 0.1) is 10.1 Å². The van der Waals surface area contributed by atoms with Crippen LogP contribution in [0.1, 0.15) is 12.8 Å². The Morgan fingerprint density at radius 1 is 1.45 bits per heavy atom. The van der Waals surface area contributed by atoms with E-state index in [0.717, 1.165) is 13.0 Å². The maximum Gasteiger partial charge on any atom is 0.294 e. The van der Waals surface area contributed by atoms with E-state index in [0.29, 0.717) is 30.9 Å². The number of ether oxygens (including phenoxy) is 1. The second kappa shape index (κ2) is 5.73. The second-order valence-electron chi connectivity index (χ2n) is 5.36.